The Kier molecular flexibility index (Phi) is 6.36. The van der Waals surface area contributed by atoms with Gasteiger partial charge in [0.25, 0.3) is 5.91 Å². The van der Waals surface area contributed by atoms with E-state index in [1.54, 1.807) is 4.90 Å². The van der Waals surface area contributed by atoms with Gasteiger partial charge in [0.15, 0.2) is 0 Å². The van der Waals surface area contributed by atoms with Crippen LogP contribution < -0.4 is 5.32 Å². The van der Waals surface area contributed by atoms with Crippen molar-refractivity contribution < 1.29 is 9.59 Å². The third-order valence-corrected chi connectivity index (χ3v) is 5.60. The number of piperidine rings is 1. The number of carbonyl (C=O) groups is 2. The quantitative estimate of drug-likeness (QED) is 0.657. The van der Waals surface area contributed by atoms with E-state index in [1.165, 1.54) is 11.9 Å². The molecule has 0 unspecified atom stereocenters. The highest BCUT2D eigenvalue weighted by molar-refractivity contribution is 5.96. The van der Waals surface area contributed by atoms with E-state index < -0.39 is 0 Å². The maximum atomic E-state index is 13.0. The number of nitrogens with zero attached hydrogens (tertiary/aromatic N) is 3. The predicted octanol–water partition coefficient (Wildman–Crippen LogP) is 4.12. The average molecular weight is 415 g/mol. The van der Waals surface area contributed by atoms with Gasteiger partial charge in [-0.1, -0.05) is 55.5 Å². The van der Waals surface area contributed by atoms with Crippen molar-refractivity contribution in [2.75, 3.05) is 18.4 Å². The van der Waals surface area contributed by atoms with E-state index in [2.05, 4.69) is 45.6 Å². The largest absolute Gasteiger partial charge is 0.366 e. The van der Waals surface area contributed by atoms with E-state index in [9.17, 15) is 9.59 Å². The van der Waals surface area contributed by atoms with E-state index in [0.717, 1.165) is 16.7 Å². The molecule has 2 aromatic carbocycles. The molecule has 1 aliphatic rings. The Morgan fingerprint density at radius 2 is 1.74 bits per heavy atom. The van der Waals surface area contributed by atoms with E-state index >= 15 is 0 Å². The summed E-state index contributed by atoms with van der Waals surface area (Å²) in [5.41, 5.74) is 4.70. The van der Waals surface area contributed by atoms with E-state index in [1.807, 2.05) is 31.2 Å². The Bertz CT molecular complexity index is 1070. The highest BCUT2D eigenvalue weighted by atomic mass is 16.2. The molecule has 0 bridgehead atoms. The molecule has 6 heteroatoms. The number of nitrogens with one attached hydrogen (secondary N) is 1. The summed E-state index contributed by atoms with van der Waals surface area (Å²) in [6.07, 6.45) is 2.91. The second-order valence-electron chi connectivity index (χ2n) is 7.65. The number of ketones is 1. The molecule has 0 saturated carbocycles. The van der Waals surface area contributed by atoms with Gasteiger partial charge in [0.1, 0.15) is 23.6 Å². The monoisotopic (exact) mass is 414 g/mol. The van der Waals surface area contributed by atoms with Gasteiger partial charge in [0.2, 0.25) is 0 Å². The summed E-state index contributed by atoms with van der Waals surface area (Å²) in [5.74, 6) is 0.766. The molecule has 0 atom stereocenters. The molecule has 31 heavy (non-hydrogen) atoms. The fourth-order valence-corrected chi connectivity index (χ4v) is 3.87. The summed E-state index contributed by atoms with van der Waals surface area (Å²) in [6, 6.07) is 18.6. The van der Waals surface area contributed by atoms with Crippen LogP contribution in [-0.4, -0.2) is 39.6 Å². The van der Waals surface area contributed by atoms with E-state index in [4.69, 9.17) is 0 Å². The Morgan fingerprint density at radius 1 is 1.00 bits per heavy atom. The van der Waals surface area contributed by atoms with Gasteiger partial charge in [0.05, 0.1) is 0 Å². The zero-order valence-corrected chi connectivity index (χ0v) is 17.7. The van der Waals surface area contributed by atoms with Gasteiger partial charge in [-0.05, 0) is 29.2 Å². The van der Waals surface area contributed by atoms with E-state index in [0.29, 0.717) is 50.4 Å². The van der Waals surface area contributed by atoms with Crippen LogP contribution in [0.4, 0.5) is 5.82 Å². The van der Waals surface area contributed by atoms with Crippen molar-refractivity contribution in [2.24, 2.45) is 0 Å². The topological polar surface area (TPSA) is 75.2 Å². The van der Waals surface area contributed by atoms with Crippen LogP contribution in [0.1, 0.15) is 41.4 Å². The lowest BCUT2D eigenvalue weighted by Gasteiger charge is -2.26. The molecule has 3 aromatic rings. The third-order valence-electron chi connectivity index (χ3n) is 5.60. The maximum absolute atomic E-state index is 13.0. The number of rotatable bonds is 6. The maximum Gasteiger partial charge on any atom is 0.272 e. The number of carbonyl (C=O) groups excluding carboxylic acids is 2. The van der Waals surface area contributed by atoms with Crippen LogP contribution in [0.25, 0.3) is 11.1 Å². The fraction of sp³-hybridized carbons (Fsp3) is 0.280. The van der Waals surface area contributed by atoms with Crippen molar-refractivity contribution >= 4 is 17.5 Å². The van der Waals surface area contributed by atoms with Crippen LogP contribution in [0.3, 0.4) is 0 Å². The molecule has 1 aromatic heterocycles. The minimum atomic E-state index is -0.124. The number of Topliss-reactive ketones (excluding diaryl/α,β-unsaturated/α-hetero) is 1. The van der Waals surface area contributed by atoms with Crippen molar-refractivity contribution in [3.05, 3.63) is 77.7 Å². The number of aromatic nitrogens is 2. The first kappa shape index (κ1) is 20.7. The molecule has 6 nitrogen and oxygen atoms in total. The lowest BCUT2D eigenvalue weighted by atomic mass is 10.0. The highest BCUT2D eigenvalue weighted by Gasteiger charge is 2.25. The van der Waals surface area contributed by atoms with Gasteiger partial charge in [-0.25, -0.2) is 9.97 Å². The van der Waals surface area contributed by atoms with Crippen LogP contribution in [-0.2, 0) is 17.8 Å². The standard InChI is InChI=1S/C25H26N4O2/c1-2-22-23(25(31)29-13-11-21(30)12-14-29)27-17-28-24(22)26-16-18-7-6-10-20(15-18)19-8-4-3-5-9-19/h3-10,15,17H,2,11-14,16H2,1H3,(H,26,27,28). The molecular formula is C25H26N4O2. The first-order valence-electron chi connectivity index (χ1n) is 10.7. The van der Waals surface area contributed by atoms with Crippen LogP contribution in [0.15, 0.2) is 60.9 Å². The number of amides is 1. The number of hydrogen-bond acceptors (Lipinski definition) is 5. The number of benzene rings is 2. The smallest absolute Gasteiger partial charge is 0.272 e. The lowest BCUT2D eigenvalue weighted by Crippen LogP contribution is -2.39. The normalized spacial score (nSPS) is 13.8. The minimum absolute atomic E-state index is 0.124. The summed E-state index contributed by atoms with van der Waals surface area (Å²) in [7, 11) is 0. The molecular weight excluding hydrogens is 388 g/mol. The van der Waals surface area contributed by atoms with Crippen LogP contribution in [0.5, 0.6) is 0 Å². The van der Waals surface area contributed by atoms with Gasteiger partial charge in [-0.2, -0.15) is 0 Å². The molecule has 1 amide bonds. The number of likely N-dealkylation sites (tertiary alicyclic amines) is 1. The summed E-state index contributed by atoms with van der Waals surface area (Å²) >= 11 is 0. The minimum Gasteiger partial charge on any atom is -0.366 e. The summed E-state index contributed by atoms with van der Waals surface area (Å²) < 4.78 is 0. The Balaban J connectivity index is 1.51. The molecule has 1 aliphatic heterocycles. The van der Waals surface area contributed by atoms with E-state index in [-0.39, 0.29) is 11.7 Å². The molecule has 2 heterocycles. The molecule has 0 radical (unpaired) electrons. The van der Waals surface area contributed by atoms with Crippen LogP contribution in [0.2, 0.25) is 0 Å². The average Bonchev–Trinajstić information content (AvgIpc) is 2.83. The third kappa shape index (κ3) is 4.79. The van der Waals surface area contributed by atoms with Crippen molar-refractivity contribution in [3.63, 3.8) is 0 Å². The van der Waals surface area contributed by atoms with Crippen molar-refractivity contribution in [2.45, 2.75) is 32.7 Å². The molecule has 0 spiro atoms. The van der Waals surface area contributed by atoms with Crippen LogP contribution in [0, 0.1) is 0 Å². The molecule has 1 saturated heterocycles. The SMILES string of the molecule is CCc1c(NCc2cccc(-c3ccccc3)c2)ncnc1C(=O)N1CCC(=O)CC1. The van der Waals surface area contributed by atoms with Gasteiger partial charge in [-0.3, -0.25) is 9.59 Å². The summed E-state index contributed by atoms with van der Waals surface area (Å²) in [6.45, 7) is 3.51. The first-order valence-corrected chi connectivity index (χ1v) is 10.7. The molecule has 158 valence electrons. The van der Waals surface area contributed by atoms with Crippen molar-refractivity contribution in [1.82, 2.24) is 14.9 Å². The van der Waals surface area contributed by atoms with Gasteiger partial charge < -0.3 is 10.2 Å². The first-order chi connectivity index (χ1) is 15.2. The molecule has 1 fully saturated rings. The summed E-state index contributed by atoms with van der Waals surface area (Å²) in [5, 5.41) is 3.39. The Morgan fingerprint density at radius 3 is 2.48 bits per heavy atom. The van der Waals surface area contributed by atoms with Crippen molar-refractivity contribution in [3.8, 4) is 11.1 Å². The van der Waals surface area contributed by atoms with Gasteiger partial charge >= 0.3 is 0 Å². The van der Waals surface area contributed by atoms with Gasteiger partial charge in [0, 0.05) is 38.0 Å². The van der Waals surface area contributed by atoms with Gasteiger partial charge in [-0.15, -0.1) is 0 Å². The lowest BCUT2D eigenvalue weighted by molar-refractivity contribution is -0.120. The second-order valence-corrected chi connectivity index (χ2v) is 7.65. The molecule has 4 rings (SSSR count). The Hall–Kier alpha value is -3.54. The second kappa shape index (κ2) is 9.51. The fourth-order valence-electron chi connectivity index (χ4n) is 3.87. The zero-order chi connectivity index (χ0) is 21.6. The summed E-state index contributed by atoms with van der Waals surface area (Å²) in [4.78, 5) is 34.9. The van der Waals surface area contributed by atoms with Crippen molar-refractivity contribution in [1.29, 1.82) is 0 Å². The zero-order valence-electron chi connectivity index (χ0n) is 17.7. The molecule has 0 aliphatic carbocycles. The molecule has 1 N–H and O–H groups in total. The number of hydrogen-bond donors (Lipinski definition) is 1. The predicted molar refractivity (Wildman–Crippen MR) is 121 cm³/mol. The highest BCUT2D eigenvalue weighted by Crippen LogP contribution is 2.22. The number of anilines is 1. The van der Waals surface area contributed by atoms with Crippen LogP contribution >= 0.6 is 0 Å². The Labute approximate surface area is 182 Å².